The van der Waals surface area contributed by atoms with Crippen molar-refractivity contribution in [2.24, 2.45) is 5.73 Å². The zero-order chi connectivity index (χ0) is 26.1. The third-order valence-electron chi connectivity index (χ3n) is 8.26. The van der Waals surface area contributed by atoms with Crippen molar-refractivity contribution in [2.75, 3.05) is 18.2 Å². The van der Waals surface area contributed by atoms with Crippen molar-refractivity contribution < 1.29 is 4.74 Å². The van der Waals surface area contributed by atoms with Crippen molar-refractivity contribution in [3.63, 3.8) is 0 Å². The fourth-order valence-electron chi connectivity index (χ4n) is 6.27. The Morgan fingerprint density at radius 3 is 2.42 bits per heavy atom. The molecule has 2 unspecified atom stereocenters. The third kappa shape index (κ3) is 4.69. The summed E-state index contributed by atoms with van der Waals surface area (Å²) in [6.07, 6.45) is 9.25. The molecule has 4 aromatic rings. The van der Waals surface area contributed by atoms with E-state index in [2.05, 4.69) is 45.2 Å². The number of methoxy groups -OCH3 is 1. The van der Waals surface area contributed by atoms with Gasteiger partial charge in [0.1, 0.15) is 11.6 Å². The lowest BCUT2D eigenvalue weighted by molar-refractivity contribution is 0.354. The lowest BCUT2D eigenvalue weighted by Gasteiger charge is -2.29. The number of nitrogen functional groups attached to an aromatic ring is 1. The third-order valence-corrected chi connectivity index (χ3v) is 8.26. The van der Waals surface area contributed by atoms with Crippen LogP contribution in [0.4, 0.5) is 11.8 Å². The van der Waals surface area contributed by atoms with E-state index < -0.39 is 0 Å². The molecule has 2 aliphatic rings. The quantitative estimate of drug-likeness (QED) is 0.287. The highest BCUT2D eigenvalue weighted by atomic mass is 16.5. The highest BCUT2D eigenvalue weighted by molar-refractivity contribution is 5.85. The molecule has 2 saturated carbocycles. The number of ether oxygens (including phenoxy) is 1. The number of anilines is 2. The number of hydrogen-bond donors (Lipinski definition) is 3. The number of benzene rings is 2. The molecule has 0 aliphatic heterocycles. The number of nitrogens with two attached hydrogens (primary N) is 2. The minimum Gasteiger partial charge on any atom is -0.496 e. The summed E-state index contributed by atoms with van der Waals surface area (Å²) < 4.78 is 7.90. The predicted molar refractivity (Wildman–Crippen MR) is 152 cm³/mol. The summed E-state index contributed by atoms with van der Waals surface area (Å²) in [5, 5.41) is 3.51. The second-order valence-electron chi connectivity index (χ2n) is 10.7. The molecule has 0 bridgehead atoms. The van der Waals surface area contributed by atoms with Crippen LogP contribution >= 0.6 is 0 Å². The van der Waals surface area contributed by atoms with Crippen LogP contribution < -0.4 is 21.5 Å². The summed E-state index contributed by atoms with van der Waals surface area (Å²) in [5.41, 5.74) is 17.8. The van der Waals surface area contributed by atoms with Crippen LogP contribution in [0, 0.1) is 0 Å². The van der Waals surface area contributed by atoms with Crippen LogP contribution in [0.5, 0.6) is 5.75 Å². The van der Waals surface area contributed by atoms with Crippen LogP contribution in [0.15, 0.2) is 48.5 Å². The Hall–Kier alpha value is -3.65. The monoisotopic (exact) mass is 511 g/mol. The number of hydrogen-bond acceptors (Lipinski definition) is 7. The molecule has 2 aliphatic carbocycles. The first-order chi connectivity index (χ1) is 18.6. The van der Waals surface area contributed by atoms with Crippen LogP contribution in [-0.2, 0) is 6.54 Å². The lowest BCUT2D eigenvalue weighted by Crippen LogP contribution is -2.33. The van der Waals surface area contributed by atoms with Gasteiger partial charge < -0.3 is 26.1 Å². The average Bonchev–Trinajstić information content (AvgIpc) is 3.60. The Bertz CT molecular complexity index is 1410. The van der Waals surface area contributed by atoms with E-state index in [4.69, 9.17) is 26.2 Å². The molecule has 2 atom stereocenters. The van der Waals surface area contributed by atoms with Gasteiger partial charge in [0.05, 0.1) is 7.11 Å². The van der Waals surface area contributed by atoms with Crippen molar-refractivity contribution in [3.8, 4) is 16.9 Å². The highest BCUT2D eigenvalue weighted by Crippen LogP contribution is 2.40. The minimum absolute atomic E-state index is 0.129. The van der Waals surface area contributed by atoms with Gasteiger partial charge in [-0.3, -0.25) is 0 Å². The molecule has 8 nitrogen and oxygen atoms in total. The van der Waals surface area contributed by atoms with Gasteiger partial charge in [-0.1, -0.05) is 68.1 Å². The number of aromatic nitrogens is 4. The fourth-order valence-corrected chi connectivity index (χ4v) is 6.27. The number of rotatable bonds is 7. The van der Waals surface area contributed by atoms with Gasteiger partial charge in [0, 0.05) is 30.1 Å². The molecule has 2 aromatic carbocycles. The maximum Gasteiger partial charge on any atom is 0.224 e. The second-order valence-corrected chi connectivity index (χ2v) is 10.7. The first-order valence-corrected chi connectivity index (χ1v) is 13.9. The van der Waals surface area contributed by atoms with Gasteiger partial charge in [0.15, 0.2) is 17.0 Å². The van der Waals surface area contributed by atoms with Crippen molar-refractivity contribution >= 4 is 22.9 Å². The average molecular weight is 512 g/mol. The maximum atomic E-state index is 6.64. The van der Waals surface area contributed by atoms with E-state index in [9.17, 15) is 0 Å². The highest BCUT2D eigenvalue weighted by Gasteiger charge is 2.33. The van der Waals surface area contributed by atoms with Crippen LogP contribution in [0.1, 0.15) is 74.7 Å². The van der Waals surface area contributed by atoms with Crippen LogP contribution in [0.3, 0.4) is 0 Å². The molecule has 8 heteroatoms. The smallest absolute Gasteiger partial charge is 0.224 e. The number of imidazole rings is 1. The van der Waals surface area contributed by atoms with E-state index in [1.165, 1.54) is 25.7 Å². The molecule has 0 radical (unpaired) electrons. The summed E-state index contributed by atoms with van der Waals surface area (Å²) in [6, 6.07) is 17.1. The summed E-state index contributed by atoms with van der Waals surface area (Å²) in [7, 11) is 1.70. The molecule has 2 aromatic heterocycles. The molecule has 0 saturated heterocycles. The SMILES string of the molecule is COc1ccccc1-c1ccc(CNc2nc(N)nc3c2nc(C2CCCCC2N)n3C2CCCC2)cc1. The number of fused-ring (bicyclic) bond motifs is 1. The van der Waals surface area contributed by atoms with E-state index in [-0.39, 0.29) is 17.9 Å². The van der Waals surface area contributed by atoms with E-state index in [0.29, 0.717) is 18.4 Å². The molecular weight excluding hydrogens is 474 g/mol. The zero-order valence-corrected chi connectivity index (χ0v) is 22.1. The van der Waals surface area contributed by atoms with Crippen LogP contribution in [-0.4, -0.2) is 32.7 Å². The lowest BCUT2D eigenvalue weighted by atomic mass is 9.84. The van der Waals surface area contributed by atoms with E-state index in [1.54, 1.807) is 7.11 Å². The molecule has 0 amide bonds. The van der Waals surface area contributed by atoms with Gasteiger partial charge in [-0.05, 0) is 42.9 Å². The standard InChI is InChI=1S/C30H37N7O/c1-38-25-13-7-5-10-22(25)20-16-14-19(15-17-20)18-33-27-26-29(36-30(32)35-27)37(21-8-2-3-9-21)28(34-26)23-11-4-6-12-24(23)31/h5,7,10,13-17,21,23-24H,2-4,6,8-9,11-12,18,31H2,1H3,(H3,32,33,35,36). The summed E-state index contributed by atoms with van der Waals surface area (Å²) in [6.45, 7) is 0.603. The molecule has 198 valence electrons. The van der Waals surface area contributed by atoms with E-state index in [0.717, 1.165) is 65.1 Å². The van der Waals surface area contributed by atoms with Gasteiger partial charge in [0.2, 0.25) is 5.95 Å². The first kappa shape index (κ1) is 24.7. The van der Waals surface area contributed by atoms with Crippen molar-refractivity contribution in [3.05, 3.63) is 59.9 Å². The zero-order valence-electron chi connectivity index (χ0n) is 22.1. The van der Waals surface area contributed by atoms with Crippen molar-refractivity contribution in [1.82, 2.24) is 19.5 Å². The summed E-state index contributed by atoms with van der Waals surface area (Å²) >= 11 is 0. The fraction of sp³-hybridized carbons (Fsp3) is 0.433. The number of nitrogens with one attached hydrogen (secondary N) is 1. The molecule has 0 spiro atoms. The Kier molecular flexibility index (Phi) is 6.89. The summed E-state index contributed by atoms with van der Waals surface area (Å²) in [4.78, 5) is 14.5. The molecular formula is C30H37N7O. The Balaban J connectivity index is 1.31. The van der Waals surface area contributed by atoms with Gasteiger partial charge in [-0.15, -0.1) is 0 Å². The normalized spacial score (nSPS) is 20.2. The van der Waals surface area contributed by atoms with E-state index in [1.807, 2.05) is 18.2 Å². The second kappa shape index (κ2) is 10.6. The topological polar surface area (TPSA) is 117 Å². The maximum absolute atomic E-state index is 6.64. The minimum atomic E-state index is 0.129. The number of nitrogens with zero attached hydrogens (tertiary/aromatic N) is 4. The molecule has 38 heavy (non-hydrogen) atoms. The van der Waals surface area contributed by atoms with Crippen LogP contribution in [0.2, 0.25) is 0 Å². The Morgan fingerprint density at radius 1 is 0.921 bits per heavy atom. The van der Waals surface area contributed by atoms with Gasteiger partial charge in [-0.25, -0.2) is 4.98 Å². The van der Waals surface area contributed by atoms with Gasteiger partial charge >= 0.3 is 0 Å². The molecule has 2 fully saturated rings. The van der Waals surface area contributed by atoms with Crippen molar-refractivity contribution in [2.45, 2.75) is 75.9 Å². The van der Waals surface area contributed by atoms with Crippen LogP contribution in [0.25, 0.3) is 22.3 Å². The molecule has 6 rings (SSSR count). The Morgan fingerprint density at radius 2 is 1.66 bits per heavy atom. The number of para-hydroxylation sites is 1. The molecule has 2 heterocycles. The largest absolute Gasteiger partial charge is 0.496 e. The van der Waals surface area contributed by atoms with E-state index >= 15 is 0 Å². The van der Waals surface area contributed by atoms with Crippen molar-refractivity contribution in [1.29, 1.82) is 0 Å². The van der Waals surface area contributed by atoms with Gasteiger partial charge in [-0.2, -0.15) is 9.97 Å². The predicted octanol–water partition coefficient (Wildman–Crippen LogP) is 5.80. The van der Waals surface area contributed by atoms with Gasteiger partial charge in [0.25, 0.3) is 0 Å². The first-order valence-electron chi connectivity index (χ1n) is 13.9. The summed E-state index contributed by atoms with van der Waals surface area (Å²) in [5.74, 6) is 3.13. The molecule has 5 N–H and O–H groups in total. The Labute approximate surface area is 223 Å².